The van der Waals surface area contributed by atoms with Gasteiger partial charge in [-0.3, -0.25) is 9.78 Å². The molecule has 0 aliphatic heterocycles. The van der Waals surface area contributed by atoms with Crippen LogP contribution in [0.1, 0.15) is 42.2 Å². The highest BCUT2D eigenvalue weighted by molar-refractivity contribution is 6.30. The number of hydrogen-bond donors (Lipinski definition) is 1. The van der Waals surface area contributed by atoms with Crippen molar-refractivity contribution < 1.29 is 18.7 Å². The van der Waals surface area contributed by atoms with E-state index in [-0.39, 0.29) is 47.5 Å². The fourth-order valence-corrected chi connectivity index (χ4v) is 3.30. The van der Waals surface area contributed by atoms with E-state index >= 15 is 4.39 Å². The molecule has 0 unspecified atom stereocenters. The van der Waals surface area contributed by atoms with Gasteiger partial charge in [0.2, 0.25) is 0 Å². The topological polar surface area (TPSA) is 50.2 Å². The predicted octanol–water partition coefficient (Wildman–Crippen LogP) is 4.07. The largest absolute Gasteiger partial charge is 0.387 e. The number of aliphatic hydroxyl groups excluding tert-OH is 1. The Morgan fingerprint density at radius 2 is 2.17 bits per heavy atom. The third-order valence-corrected chi connectivity index (χ3v) is 4.73. The quantitative estimate of drug-likeness (QED) is 0.903. The Balaban J connectivity index is 1.82. The Labute approximate surface area is 143 Å². The highest BCUT2D eigenvalue weighted by Crippen LogP contribution is 2.43. The summed E-state index contributed by atoms with van der Waals surface area (Å²) < 4.78 is 29.3. The van der Waals surface area contributed by atoms with E-state index in [1.807, 2.05) is 0 Å². The van der Waals surface area contributed by atoms with Gasteiger partial charge in [-0.25, -0.2) is 8.78 Å². The van der Waals surface area contributed by atoms with E-state index < -0.39 is 23.4 Å². The van der Waals surface area contributed by atoms with Crippen molar-refractivity contribution in [3.8, 4) is 0 Å². The van der Waals surface area contributed by atoms with Crippen LogP contribution in [0.3, 0.4) is 0 Å². The Hall–Kier alpha value is -1.85. The van der Waals surface area contributed by atoms with E-state index in [2.05, 4.69) is 4.98 Å². The Bertz CT molecular complexity index is 783. The molecule has 2 atom stereocenters. The summed E-state index contributed by atoms with van der Waals surface area (Å²) in [7, 11) is 0. The molecule has 2 aromatic rings. The number of Topliss-reactive ketones (excluding diaryl/α,β-unsaturated/α-hetero) is 1. The highest BCUT2D eigenvalue weighted by atomic mass is 35.5. The molecule has 1 aromatic heterocycles. The minimum atomic E-state index is -2.20. The molecule has 0 spiro atoms. The number of aryl methyl sites for hydroxylation is 1. The minimum Gasteiger partial charge on any atom is -0.387 e. The molecule has 0 fully saturated rings. The second-order valence-electron chi connectivity index (χ2n) is 5.93. The van der Waals surface area contributed by atoms with Crippen LogP contribution in [-0.4, -0.2) is 15.9 Å². The van der Waals surface area contributed by atoms with E-state index in [1.54, 1.807) is 6.07 Å². The van der Waals surface area contributed by atoms with E-state index in [0.29, 0.717) is 0 Å². The van der Waals surface area contributed by atoms with Gasteiger partial charge in [-0.05, 0) is 37.0 Å². The zero-order valence-electron chi connectivity index (χ0n) is 12.8. The van der Waals surface area contributed by atoms with Gasteiger partial charge in [0.1, 0.15) is 5.82 Å². The number of nitrogens with zero attached hydrogens (tertiary/aromatic N) is 1. The van der Waals surface area contributed by atoms with Crippen LogP contribution >= 0.6 is 11.6 Å². The van der Waals surface area contributed by atoms with Crippen molar-refractivity contribution in [2.75, 3.05) is 0 Å². The Kier molecular flexibility index (Phi) is 4.65. The van der Waals surface area contributed by atoms with Crippen LogP contribution in [0.15, 0.2) is 36.5 Å². The summed E-state index contributed by atoms with van der Waals surface area (Å²) in [6, 6.07) is 7.55. The predicted molar refractivity (Wildman–Crippen MR) is 86.0 cm³/mol. The number of aromatic nitrogens is 1. The van der Waals surface area contributed by atoms with Crippen LogP contribution in [0.5, 0.6) is 0 Å². The number of fused-ring (bicyclic) bond motifs is 1. The van der Waals surface area contributed by atoms with E-state index in [1.165, 1.54) is 30.5 Å². The number of carbonyl (C=O) groups excluding carboxylic acids is 1. The van der Waals surface area contributed by atoms with Crippen LogP contribution in [0.4, 0.5) is 8.78 Å². The van der Waals surface area contributed by atoms with E-state index in [4.69, 9.17) is 11.6 Å². The first-order valence-corrected chi connectivity index (χ1v) is 8.10. The van der Waals surface area contributed by atoms with Crippen LogP contribution in [-0.2, 0) is 16.9 Å². The van der Waals surface area contributed by atoms with E-state index in [0.717, 1.165) is 0 Å². The van der Waals surface area contributed by atoms with Gasteiger partial charge in [0.25, 0.3) is 0 Å². The molecular weight excluding hydrogens is 336 g/mol. The molecule has 6 heteroatoms. The third kappa shape index (κ3) is 2.94. The number of pyridine rings is 1. The molecule has 1 aromatic carbocycles. The maximum atomic E-state index is 15.4. The van der Waals surface area contributed by atoms with Crippen molar-refractivity contribution in [1.29, 1.82) is 0 Å². The smallest absolute Gasteiger partial charge is 0.195 e. The molecule has 3 rings (SSSR count). The fourth-order valence-electron chi connectivity index (χ4n) is 3.10. The normalized spacial score (nSPS) is 22.9. The van der Waals surface area contributed by atoms with Gasteiger partial charge in [0, 0.05) is 18.2 Å². The zero-order chi connectivity index (χ0) is 17.3. The molecule has 24 heavy (non-hydrogen) atoms. The average molecular weight is 352 g/mol. The molecule has 0 saturated heterocycles. The van der Waals surface area contributed by atoms with Gasteiger partial charge in [0.05, 0.1) is 16.8 Å². The number of ketones is 1. The molecule has 1 N–H and O–H groups in total. The van der Waals surface area contributed by atoms with Gasteiger partial charge in [0.15, 0.2) is 11.5 Å². The lowest BCUT2D eigenvalue weighted by Gasteiger charge is -2.32. The highest BCUT2D eigenvalue weighted by Gasteiger charge is 2.45. The van der Waals surface area contributed by atoms with Crippen molar-refractivity contribution >= 4 is 17.4 Å². The van der Waals surface area contributed by atoms with Crippen molar-refractivity contribution in [2.24, 2.45) is 0 Å². The summed E-state index contributed by atoms with van der Waals surface area (Å²) >= 11 is 5.72. The van der Waals surface area contributed by atoms with Crippen LogP contribution in [0, 0.1) is 5.82 Å². The van der Waals surface area contributed by atoms with Gasteiger partial charge in [-0.15, -0.1) is 0 Å². The molecule has 1 aliphatic rings. The number of aliphatic hydroxyl groups is 1. The third-order valence-electron chi connectivity index (χ3n) is 4.44. The monoisotopic (exact) mass is 351 g/mol. The summed E-state index contributed by atoms with van der Waals surface area (Å²) in [6.45, 7) is 0. The summed E-state index contributed by atoms with van der Waals surface area (Å²) in [6.07, 6.45) is 0.511. The average Bonchev–Trinajstić information content (AvgIpc) is 2.59. The first kappa shape index (κ1) is 17.0. The van der Waals surface area contributed by atoms with Gasteiger partial charge in [-0.1, -0.05) is 29.8 Å². The van der Waals surface area contributed by atoms with Crippen LogP contribution in [0.2, 0.25) is 5.02 Å². The molecule has 0 amide bonds. The fraction of sp³-hybridized carbons (Fsp3) is 0.333. The maximum absolute atomic E-state index is 15.4. The molecule has 0 radical (unpaired) electrons. The molecular formula is C18H16ClF2NO2. The molecule has 1 heterocycles. The SMILES string of the molecule is O=C(CCc1cccc(Cl)c1F)[C@]1(F)CC[C@H](O)c2ncccc21. The lowest BCUT2D eigenvalue weighted by molar-refractivity contribution is -0.133. The van der Waals surface area contributed by atoms with Gasteiger partial charge < -0.3 is 5.11 Å². The van der Waals surface area contributed by atoms with Gasteiger partial charge in [-0.2, -0.15) is 0 Å². The molecule has 126 valence electrons. The van der Waals surface area contributed by atoms with Crippen molar-refractivity contribution in [2.45, 2.75) is 37.5 Å². The number of alkyl halides is 1. The number of rotatable bonds is 4. The Morgan fingerprint density at radius 1 is 1.38 bits per heavy atom. The van der Waals surface area contributed by atoms with Crippen molar-refractivity contribution in [3.05, 3.63) is 64.2 Å². The summed E-state index contributed by atoms with van der Waals surface area (Å²) in [4.78, 5) is 16.5. The number of halogens is 3. The van der Waals surface area contributed by atoms with Crippen molar-refractivity contribution in [1.82, 2.24) is 4.98 Å². The summed E-state index contributed by atoms with van der Waals surface area (Å²) in [5, 5.41) is 9.92. The molecule has 0 bridgehead atoms. The standard InChI is InChI=1S/C18H16ClF2NO2/c19-13-5-1-3-11(16(13)20)6-7-15(24)18(21)9-8-14(23)17-12(18)4-2-10-22-17/h1-5,10,14,23H,6-9H2/t14-,18-/m0/s1. The second-order valence-corrected chi connectivity index (χ2v) is 6.34. The molecule has 1 aliphatic carbocycles. The summed E-state index contributed by atoms with van der Waals surface area (Å²) in [5.41, 5.74) is -1.60. The minimum absolute atomic E-state index is 0.0229. The maximum Gasteiger partial charge on any atom is 0.195 e. The first-order chi connectivity index (χ1) is 11.4. The van der Waals surface area contributed by atoms with Gasteiger partial charge >= 0.3 is 0 Å². The van der Waals surface area contributed by atoms with E-state index in [9.17, 15) is 14.3 Å². The number of hydrogen-bond acceptors (Lipinski definition) is 3. The van der Waals surface area contributed by atoms with Crippen LogP contribution < -0.4 is 0 Å². The molecule has 3 nitrogen and oxygen atoms in total. The lowest BCUT2D eigenvalue weighted by atomic mass is 9.77. The zero-order valence-corrected chi connectivity index (χ0v) is 13.6. The Morgan fingerprint density at radius 3 is 2.96 bits per heavy atom. The van der Waals surface area contributed by atoms with Crippen molar-refractivity contribution in [3.63, 3.8) is 0 Å². The first-order valence-electron chi connectivity index (χ1n) is 7.72. The number of carbonyl (C=O) groups is 1. The number of benzene rings is 1. The lowest BCUT2D eigenvalue weighted by Crippen LogP contribution is -2.37. The second kappa shape index (κ2) is 6.57. The van der Waals surface area contributed by atoms with Crippen LogP contribution in [0.25, 0.3) is 0 Å². The molecule has 0 saturated carbocycles. The summed E-state index contributed by atoms with van der Waals surface area (Å²) in [5.74, 6) is -1.22.